The maximum absolute atomic E-state index is 11.9. The van der Waals surface area contributed by atoms with E-state index in [0.717, 1.165) is 30.8 Å². The van der Waals surface area contributed by atoms with E-state index in [1.54, 1.807) is 0 Å². The lowest BCUT2D eigenvalue weighted by Crippen LogP contribution is -2.47. The first-order valence-corrected chi connectivity index (χ1v) is 7.05. The number of nitrogens with one attached hydrogen (secondary N) is 1. The number of carbonyl (C=O) groups is 1. The normalized spacial score (nSPS) is 15.8. The standard InChI is InChI=1S/C15H26N2O2/c1-5-10(2)14(16)15(18)17-11(3)6-8-13-9-7-12(4)19-13/h7,9-11,14H,5-6,8,16H2,1-4H3,(H,17,18). The predicted molar refractivity (Wildman–Crippen MR) is 76.8 cm³/mol. The molecule has 1 aromatic rings. The van der Waals surface area contributed by atoms with Gasteiger partial charge in [-0.25, -0.2) is 0 Å². The summed E-state index contributed by atoms with van der Waals surface area (Å²) in [5.41, 5.74) is 5.90. The Morgan fingerprint density at radius 3 is 2.63 bits per heavy atom. The van der Waals surface area contributed by atoms with Crippen molar-refractivity contribution in [1.82, 2.24) is 5.32 Å². The first-order valence-electron chi connectivity index (χ1n) is 7.05. The lowest BCUT2D eigenvalue weighted by molar-refractivity contribution is -0.124. The Morgan fingerprint density at radius 1 is 1.42 bits per heavy atom. The molecule has 0 spiro atoms. The summed E-state index contributed by atoms with van der Waals surface area (Å²) in [6.45, 7) is 7.97. The van der Waals surface area contributed by atoms with E-state index in [9.17, 15) is 4.79 Å². The van der Waals surface area contributed by atoms with Crippen molar-refractivity contribution in [3.8, 4) is 0 Å². The first kappa shape index (κ1) is 15.8. The number of aryl methyl sites for hydroxylation is 2. The molecule has 0 aromatic carbocycles. The van der Waals surface area contributed by atoms with Crippen LogP contribution in [0.15, 0.2) is 16.5 Å². The van der Waals surface area contributed by atoms with Gasteiger partial charge in [0.15, 0.2) is 0 Å². The molecule has 1 aromatic heterocycles. The van der Waals surface area contributed by atoms with Crippen molar-refractivity contribution >= 4 is 5.91 Å². The smallest absolute Gasteiger partial charge is 0.237 e. The molecule has 3 N–H and O–H groups in total. The van der Waals surface area contributed by atoms with Crippen LogP contribution in [0.25, 0.3) is 0 Å². The predicted octanol–water partition coefficient (Wildman–Crippen LogP) is 2.40. The quantitative estimate of drug-likeness (QED) is 0.796. The molecule has 0 radical (unpaired) electrons. The van der Waals surface area contributed by atoms with Gasteiger partial charge in [-0.15, -0.1) is 0 Å². The van der Waals surface area contributed by atoms with Crippen molar-refractivity contribution in [2.24, 2.45) is 11.7 Å². The third kappa shape index (κ3) is 5.07. The Hall–Kier alpha value is -1.29. The van der Waals surface area contributed by atoms with Crippen molar-refractivity contribution in [3.63, 3.8) is 0 Å². The highest BCUT2D eigenvalue weighted by Gasteiger charge is 2.20. The molecule has 0 saturated heterocycles. The lowest BCUT2D eigenvalue weighted by atomic mass is 9.99. The van der Waals surface area contributed by atoms with Crippen LogP contribution in [0.4, 0.5) is 0 Å². The van der Waals surface area contributed by atoms with E-state index >= 15 is 0 Å². The van der Waals surface area contributed by atoms with Crippen molar-refractivity contribution < 1.29 is 9.21 Å². The zero-order valence-electron chi connectivity index (χ0n) is 12.4. The van der Waals surface area contributed by atoms with Gasteiger partial charge in [0, 0.05) is 12.5 Å². The summed E-state index contributed by atoms with van der Waals surface area (Å²) in [4.78, 5) is 11.9. The topological polar surface area (TPSA) is 68.3 Å². The van der Waals surface area contributed by atoms with E-state index in [1.165, 1.54) is 0 Å². The average Bonchev–Trinajstić information content (AvgIpc) is 2.80. The van der Waals surface area contributed by atoms with Gasteiger partial charge in [0.25, 0.3) is 0 Å². The van der Waals surface area contributed by atoms with Gasteiger partial charge >= 0.3 is 0 Å². The molecule has 1 amide bonds. The van der Waals surface area contributed by atoms with Gasteiger partial charge in [-0.05, 0) is 38.3 Å². The Bertz CT molecular complexity index is 401. The Kier molecular flexibility index (Phi) is 6.09. The summed E-state index contributed by atoms with van der Waals surface area (Å²) in [7, 11) is 0. The number of rotatable bonds is 7. The Morgan fingerprint density at radius 2 is 2.11 bits per heavy atom. The highest BCUT2D eigenvalue weighted by molar-refractivity contribution is 5.82. The number of hydrogen-bond acceptors (Lipinski definition) is 3. The molecule has 0 fully saturated rings. The van der Waals surface area contributed by atoms with E-state index in [1.807, 2.05) is 39.8 Å². The van der Waals surface area contributed by atoms with Crippen LogP contribution < -0.4 is 11.1 Å². The molecule has 19 heavy (non-hydrogen) atoms. The summed E-state index contributed by atoms with van der Waals surface area (Å²) in [5.74, 6) is 2.03. The number of carbonyl (C=O) groups excluding carboxylic acids is 1. The minimum Gasteiger partial charge on any atom is -0.466 e. The van der Waals surface area contributed by atoms with E-state index in [4.69, 9.17) is 10.2 Å². The molecule has 0 aliphatic heterocycles. The Labute approximate surface area is 115 Å². The van der Waals surface area contributed by atoms with E-state index in [0.29, 0.717) is 0 Å². The van der Waals surface area contributed by atoms with Crippen molar-refractivity contribution in [1.29, 1.82) is 0 Å². The fourth-order valence-electron chi connectivity index (χ4n) is 1.90. The number of nitrogens with two attached hydrogens (primary N) is 1. The monoisotopic (exact) mass is 266 g/mol. The van der Waals surface area contributed by atoms with Crippen LogP contribution in [0.5, 0.6) is 0 Å². The van der Waals surface area contributed by atoms with E-state index in [-0.39, 0.29) is 17.9 Å². The molecular weight excluding hydrogens is 240 g/mol. The highest BCUT2D eigenvalue weighted by atomic mass is 16.3. The summed E-state index contributed by atoms with van der Waals surface area (Å²) in [5, 5.41) is 2.97. The van der Waals surface area contributed by atoms with Crippen LogP contribution >= 0.6 is 0 Å². The maximum atomic E-state index is 11.9. The van der Waals surface area contributed by atoms with Crippen LogP contribution in [-0.4, -0.2) is 18.0 Å². The molecule has 0 aliphatic rings. The summed E-state index contributed by atoms with van der Waals surface area (Å²) in [6.07, 6.45) is 2.59. The third-order valence-corrected chi connectivity index (χ3v) is 3.57. The molecule has 0 saturated carbocycles. The number of amides is 1. The minimum absolute atomic E-state index is 0.0579. The van der Waals surface area contributed by atoms with Crippen LogP contribution in [0.2, 0.25) is 0 Å². The van der Waals surface area contributed by atoms with Crippen LogP contribution in [0.1, 0.15) is 45.1 Å². The van der Waals surface area contributed by atoms with Gasteiger partial charge in [0.1, 0.15) is 11.5 Å². The van der Waals surface area contributed by atoms with Crippen molar-refractivity contribution in [2.45, 2.75) is 59.0 Å². The molecule has 3 atom stereocenters. The average molecular weight is 266 g/mol. The van der Waals surface area contributed by atoms with Gasteiger partial charge in [0.2, 0.25) is 5.91 Å². The minimum atomic E-state index is -0.418. The van der Waals surface area contributed by atoms with Crippen LogP contribution in [0.3, 0.4) is 0 Å². The molecule has 0 aliphatic carbocycles. The zero-order chi connectivity index (χ0) is 14.4. The number of hydrogen-bond donors (Lipinski definition) is 2. The summed E-state index contributed by atoms with van der Waals surface area (Å²) >= 11 is 0. The fraction of sp³-hybridized carbons (Fsp3) is 0.667. The van der Waals surface area contributed by atoms with Gasteiger partial charge in [-0.3, -0.25) is 4.79 Å². The summed E-state index contributed by atoms with van der Waals surface area (Å²) < 4.78 is 5.50. The van der Waals surface area contributed by atoms with Gasteiger partial charge in [-0.2, -0.15) is 0 Å². The maximum Gasteiger partial charge on any atom is 0.237 e. The first-order chi connectivity index (χ1) is 8.93. The van der Waals surface area contributed by atoms with Gasteiger partial charge < -0.3 is 15.5 Å². The molecular formula is C15H26N2O2. The van der Waals surface area contributed by atoms with Crippen LogP contribution in [-0.2, 0) is 11.2 Å². The molecule has 3 unspecified atom stereocenters. The highest BCUT2D eigenvalue weighted by Crippen LogP contribution is 2.10. The molecule has 108 valence electrons. The second-order valence-corrected chi connectivity index (χ2v) is 5.37. The van der Waals surface area contributed by atoms with E-state index in [2.05, 4.69) is 5.32 Å². The molecule has 4 heteroatoms. The SMILES string of the molecule is CCC(C)C(N)C(=O)NC(C)CCc1ccc(C)o1. The molecule has 4 nitrogen and oxygen atoms in total. The molecule has 0 bridgehead atoms. The second kappa shape index (κ2) is 7.34. The fourth-order valence-corrected chi connectivity index (χ4v) is 1.90. The van der Waals surface area contributed by atoms with Crippen LogP contribution in [0, 0.1) is 12.8 Å². The van der Waals surface area contributed by atoms with Crippen molar-refractivity contribution in [3.05, 3.63) is 23.7 Å². The van der Waals surface area contributed by atoms with E-state index < -0.39 is 6.04 Å². The number of furan rings is 1. The van der Waals surface area contributed by atoms with Gasteiger partial charge in [0.05, 0.1) is 6.04 Å². The third-order valence-electron chi connectivity index (χ3n) is 3.57. The van der Waals surface area contributed by atoms with Gasteiger partial charge in [-0.1, -0.05) is 20.3 Å². The summed E-state index contributed by atoms with van der Waals surface area (Å²) in [6, 6.07) is 3.62. The lowest BCUT2D eigenvalue weighted by Gasteiger charge is -2.20. The van der Waals surface area contributed by atoms with Crippen molar-refractivity contribution in [2.75, 3.05) is 0 Å². The Balaban J connectivity index is 2.34. The molecule has 1 rings (SSSR count). The zero-order valence-corrected chi connectivity index (χ0v) is 12.4. The largest absolute Gasteiger partial charge is 0.466 e. The second-order valence-electron chi connectivity index (χ2n) is 5.37. The molecule has 1 heterocycles.